The normalized spacial score (nSPS) is 13.2. The van der Waals surface area contributed by atoms with Crippen molar-refractivity contribution in [3.05, 3.63) is 74.1 Å². The minimum atomic E-state index is -2.03. The molecular formula is C27H32Cl2Zr. The fourth-order valence-electron chi connectivity index (χ4n) is 4.81. The van der Waals surface area contributed by atoms with Crippen LogP contribution in [0.25, 0.3) is 11.1 Å². The standard InChI is InChI=1S/C19H21.C5H5.C3H6.2ClH.Zr/c1-12(2)14-5-7-18-16(9-14)11-17-10-15(13(3)4)6-8-19(17)18;1-2-4-5-3-1;1-3-2;;;/h5-9,12-13H,11H2,1-4H3;1-3H,4H2;1-2H3;2*1H;/q;;;;;+2/p-2. The van der Waals surface area contributed by atoms with Crippen LogP contribution in [0.4, 0.5) is 0 Å². The average molecular weight is 519 g/mol. The molecule has 0 aromatic heterocycles. The summed E-state index contributed by atoms with van der Waals surface area (Å²) in [4.78, 5) is 0. The predicted molar refractivity (Wildman–Crippen MR) is 121 cm³/mol. The van der Waals surface area contributed by atoms with Crippen molar-refractivity contribution in [3.8, 4) is 11.1 Å². The summed E-state index contributed by atoms with van der Waals surface area (Å²) in [7, 11) is 0. The van der Waals surface area contributed by atoms with Crippen LogP contribution in [0, 0.1) is 0 Å². The van der Waals surface area contributed by atoms with Gasteiger partial charge in [-0.1, -0.05) is 0 Å². The molecule has 3 heteroatoms. The molecule has 0 nitrogen and oxygen atoms in total. The fraction of sp³-hybridized carbons (Fsp3) is 0.370. The number of hydrogen-bond acceptors (Lipinski definition) is 0. The van der Waals surface area contributed by atoms with Crippen LogP contribution in [0.15, 0.2) is 51.8 Å². The summed E-state index contributed by atoms with van der Waals surface area (Å²) in [5, 5.41) is 0. The van der Waals surface area contributed by atoms with Gasteiger partial charge in [0.2, 0.25) is 0 Å². The molecule has 2 aromatic rings. The topological polar surface area (TPSA) is 0 Å². The molecule has 0 saturated heterocycles. The Balaban J connectivity index is 0.00000160. The molecule has 2 aliphatic carbocycles. The minimum Gasteiger partial charge on any atom is -1.00 e. The maximum atomic E-state index is 2.47. The molecule has 0 radical (unpaired) electrons. The van der Waals surface area contributed by atoms with Crippen molar-refractivity contribution in [2.24, 2.45) is 0 Å². The van der Waals surface area contributed by atoms with Crippen LogP contribution in [0.1, 0.15) is 82.1 Å². The van der Waals surface area contributed by atoms with E-state index in [0.717, 1.165) is 6.42 Å². The van der Waals surface area contributed by atoms with Crippen molar-refractivity contribution in [1.82, 2.24) is 0 Å². The molecule has 0 aliphatic heterocycles. The van der Waals surface area contributed by atoms with Gasteiger partial charge in [-0.3, -0.25) is 0 Å². The average Bonchev–Trinajstić information content (AvgIpc) is 3.28. The van der Waals surface area contributed by atoms with Crippen LogP contribution < -0.4 is 28.1 Å². The molecule has 0 saturated carbocycles. The van der Waals surface area contributed by atoms with E-state index in [0.29, 0.717) is 11.8 Å². The van der Waals surface area contributed by atoms with E-state index >= 15 is 0 Å². The maximum Gasteiger partial charge on any atom is -1.00 e. The largest absolute Gasteiger partial charge is 1.00 e. The van der Waals surface area contributed by atoms with Gasteiger partial charge in [0.25, 0.3) is 0 Å². The Morgan fingerprint density at radius 2 is 1.60 bits per heavy atom. The summed E-state index contributed by atoms with van der Waals surface area (Å²) in [6.07, 6.45) is 9.36. The van der Waals surface area contributed by atoms with Gasteiger partial charge in [-0.15, -0.1) is 0 Å². The van der Waals surface area contributed by atoms with Crippen LogP contribution >= 0.6 is 0 Å². The molecule has 0 amide bonds. The third-order valence-electron chi connectivity index (χ3n) is 6.26. The molecule has 0 fully saturated rings. The second-order valence-electron chi connectivity index (χ2n) is 9.16. The Labute approximate surface area is 202 Å². The van der Waals surface area contributed by atoms with Gasteiger partial charge in [0.15, 0.2) is 0 Å². The summed E-state index contributed by atoms with van der Waals surface area (Å²) in [5.74, 6) is 1.17. The van der Waals surface area contributed by atoms with Gasteiger partial charge in [0.05, 0.1) is 0 Å². The Bertz CT molecular complexity index is 1040. The molecule has 0 spiro atoms. The number of halogens is 2. The first-order valence-corrected chi connectivity index (χ1v) is 14.4. The van der Waals surface area contributed by atoms with E-state index in [1.165, 1.54) is 23.1 Å². The van der Waals surface area contributed by atoms with Crippen molar-refractivity contribution < 1.29 is 46.1 Å². The van der Waals surface area contributed by atoms with Crippen molar-refractivity contribution in [1.29, 1.82) is 0 Å². The van der Waals surface area contributed by atoms with E-state index in [1.807, 2.05) is 0 Å². The number of benzene rings is 2. The van der Waals surface area contributed by atoms with Gasteiger partial charge in [-0.2, -0.15) is 0 Å². The second-order valence-corrected chi connectivity index (χ2v) is 16.3. The quantitative estimate of drug-likeness (QED) is 0.480. The van der Waals surface area contributed by atoms with Gasteiger partial charge in [-0.25, -0.2) is 0 Å². The summed E-state index contributed by atoms with van der Waals surface area (Å²) in [5.41, 5.74) is 9.27. The molecule has 30 heavy (non-hydrogen) atoms. The first-order chi connectivity index (χ1) is 13.4. The smallest absolute Gasteiger partial charge is 1.00 e. The van der Waals surface area contributed by atoms with Crippen LogP contribution in [0.3, 0.4) is 0 Å². The van der Waals surface area contributed by atoms with Gasteiger partial charge in [0, 0.05) is 0 Å². The maximum absolute atomic E-state index is 2.47. The third kappa shape index (κ3) is 4.55. The minimum absolute atomic E-state index is 0. The van der Waals surface area contributed by atoms with Gasteiger partial charge >= 0.3 is 179 Å². The Morgan fingerprint density at radius 1 is 0.900 bits per heavy atom. The van der Waals surface area contributed by atoms with Crippen molar-refractivity contribution in [3.63, 3.8) is 0 Å². The molecule has 0 heterocycles. The summed E-state index contributed by atoms with van der Waals surface area (Å²) in [6.45, 7) is 14.1. The summed E-state index contributed by atoms with van der Waals surface area (Å²) in [6, 6.07) is 12.1. The summed E-state index contributed by atoms with van der Waals surface area (Å²) < 4.78 is 5.23. The van der Waals surface area contributed by atoms with E-state index in [4.69, 9.17) is 0 Å². The first kappa shape index (κ1) is 25.5. The molecule has 2 aliphatic rings. The Hall–Kier alpha value is -0.747. The zero-order valence-electron chi connectivity index (χ0n) is 18.9. The van der Waals surface area contributed by atoms with E-state index in [9.17, 15) is 0 Å². The first-order valence-electron chi connectivity index (χ1n) is 10.7. The molecule has 158 valence electrons. The SMILES string of the molecule is C[C](C)=[Zr+2]([C]1=CC=CC1)[c]1c(C(C)C)ccc2c1Cc1cc(C(C)C)ccc1-2.[Cl-].[Cl-]. The van der Waals surface area contributed by atoms with Gasteiger partial charge in [0.1, 0.15) is 0 Å². The number of fused-ring (bicyclic) bond motifs is 3. The van der Waals surface area contributed by atoms with Gasteiger partial charge < -0.3 is 24.8 Å². The van der Waals surface area contributed by atoms with Crippen molar-refractivity contribution >= 4 is 6.48 Å². The molecule has 4 rings (SSSR count). The molecule has 0 atom stereocenters. The molecule has 0 unspecified atom stereocenters. The van der Waals surface area contributed by atoms with Crippen LogP contribution in [0.2, 0.25) is 0 Å². The van der Waals surface area contributed by atoms with E-state index < -0.39 is 21.3 Å². The van der Waals surface area contributed by atoms with Crippen molar-refractivity contribution in [2.75, 3.05) is 0 Å². The summed E-state index contributed by atoms with van der Waals surface area (Å²) >= 11 is -2.03. The number of rotatable bonds is 4. The third-order valence-corrected chi connectivity index (χ3v) is 13.9. The van der Waals surface area contributed by atoms with E-state index in [1.54, 1.807) is 26.4 Å². The van der Waals surface area contributed by atoms with Crippen LogP contribution in [-0.4, -0.2) is 3.21 Å². The molecule has 0 bridgehead atoms. The zero-order valence-corrected chi connectivity index (χ0v) is 22.9. The molecule has 0 N–H and O–H groups in total. The Morgan fingerprint density at radius 3 is 2.17 bits per heavy atom. The second kappa shape index (κ2) is 10.2. The number of allylic oxidation sites excluding steroid dienone is 4. The zero-order chi connectivity index (χ0) is 20.0. The van der Waals surface area contributed by atoms with Gasteiger partial charge in [-0.05, 0) is 0 Å². The monoisotopic (exact) mass is 516 g/mol. The van der Waals surface area contributed by atoms with Crippen LogP contribution in [-0.2, 0) is 27.7 Å². The van der Waals surface area contributed by atoms with Crippen LogP contribution in [0.5, 0.6) is 0 Å². The number of hydrogen-bond donors (Lipinski definition) is 0. The predicted octanol–water partition coefficient (Wildman–Crippen LogP) is 0.812. The van der Waals surface area contributed by atoms with E-state index in [-0.39, 0.29) is 24.8 Å². The Kier molecular flexibility index (Phi) is 8.71. The van der Waals surface area contributed by atoms with E-state index in [2.05, 4.69) is 90.1 Å². The fourth-order valence-corrected chi connectivity index (χ4v) is 12.8. The molecule has 2 aromatic carbocycles. The van der Waals surface area contributed by atoms with Crippen molar-refractivity contribution in [2.45, 2.75) is 66.2 Å². The molecular weight excluding hydrogens is 486 g/mol.